The summed E-state index contributed by atoms with van der Waals surface area (Å²) in [6, 6.07) is 7.04. The molecule has 4 nitrogen and oxygen atoms in total. The van der Waals surface area contributed by atoms with Crippen molar-refractivity contribution in [2.45, 2.75) is 19.8 Å². The summed E-state index contributed by atoms with van der Waals surface area (Å²) in [6.07, 6.45) is 1.49. The predicted molar refractivity (Wildman–Crippen MR) is 74.7 cm³/mol. The Morgan fingerprint density at radius 3 is 2.72 bits per heavy atom. The minimum absolute atomic E-state index is 0.127. The van der Waals surface area contributed by atoms with E-state index in [4.69, 9.17) is 5.73 Å². The van der Waals surface area contributed by atoms with E-state index in [1.165, 1.54) is 0 Å². The van der Waals surface area contributed by atoms with Crippen molar-refractivity contribution in [1.29, 1.82) is 0 Å². The minimum Gasteiger partial charge on any atom is -0.320 e. The van der Waals surface area contributed by atoms with Crippen molar-refractivity contribution in [3.05, 3.63) is 29.8 Å². The van der Waals surface area contributed by atoms with Gasteiger partial charge in [-0.2, -0.15) is 0 Å². The lowest BCUT2D eigenvalue weighted by atomic mass is 10.2. The highest BCUT2D eigenvalue weighted by molar-refractivity contribution is 7.92. The zero-order chi connectivity index (χ0) is 13.4. The molecule has 5 heteroatoms. The number of anilines is 1. The summed E-state index contributed by atoms with van der Waals surface area (Å²) in [4.78, 5) is 0. The Kier molecular flexibility index (Phi) is 5.69. The minimum atomic E-state index is -3.29. The lowest BCUT2D eigenvalue weighted by Gasteiger charge is -2.09. The molecule has 0 aliphatic rings. The van der Waals surface area contributed by atoms with Crippen molar-refractivity contribution in [3.63, 3.8) is 0 Å². The summed E-state index contributed by atoms with van der Waals surface area (Å²) < 4.78 is 26.2. The largest absolute Gasteiger partial charge is 0.320 e. The molecule has 0 radical (unpaired) electrons. The van der Waals surface area contributed by atoms with Crippen LogP contribution in [0, 0.1) is 11.8 Å². The fourth-order valence-corrected chi connectivity index (χ4v) is 2.66. The van der Waals surface area contributed by atoms with Crippen LogP contribution in [0.15, 0.2) is 24.3 Å². The van der Waals surface area contributed by atoms with Gasteiger partial charge in [-0.1, -0.05) is 37.3 Å². The summed E-state index contributed by atoms with van der Waals surface area (Å²) in [5, 5.41) is 0. The lowest BCUT2D eigenvalue weighted by Crippen LogP contribution is -2.17. The van der Waals surface area contributed by atoms with E-state index < -0.39 is 10.0 Å². The molecule has 0 spiro atoms. The average molecular weight is 266 g/mol. The molecule has 18 heavy (non-hydrogen) atoms. The molecule has 0 aromatic heterocycles. The Morgan fingerprint density at radius 1 is 1.33 bits per heavy atom. The first-order valence-corrected chi connectivity index (χ1v) is 7.52. The van der Waals surface area contributed by atoms with Gasteiger partial charge >= 0.3 is 0 Å². The Hall–Kier alpha value is -1.51. The third-order valence-electron chi connectivity index (χ3n) is 2.28. The number of nitrogens with one attached hydrogen (secondary N) is 1. The van der Waals surface area contributed by atoms with Gasteiger partial charge in [-0.15, -0.1) is 0 Å². The van der Waals surface area contributed by atoms with Crippen molar-refractivity contribution in [2.24, 2.45) is 5.73 Å². The number of rotatable bonds is 5. The van der Waals surface area contributed by atoms with Gasteiger partial charge in [0.2, 0.25) is 10.0 Å². The monoisotopic (exact) mass is 266 g/mol. The number of unbranched alkanes of at least 4 members (excludes halogenated alkanes) is 1. The molecule has 3 N–H and O–H groups in total. The number of para-hydroxylation sites is 1. The SMILES string of the molecule is CCCCS(=O)(=O)Nc1ccccc1C#CCN. The van der Waals surface area contributed by atoms with Gasteiger partial charge in [0, 0.05) is 5.56 Å². The molecule has 0 fully saturated rings. The quantitative estimate of drug-likeness (QED) is 0.794. The predicted octanol–water partition coefficient (Wildman–Crippen LogP) is 1.54. The summed E-state index contributed by atoms with van der Waals surface area (Å²) in [7, 11) is -3.29. The normalized spacial score (nSPS) is 10.6. The molecule has 0 bridgehead atoms. The smallest absolute Gasteiger partial charge is 0.232 e. The maximum atomic E-state index is 11.8. The van der Waals surface area contributed by atoms with Crippen LogP contribution in [0.2, 0.25) is 0 Å². The number of hydrogen-bond acceptors (Lipinski definition) is 3. The maximum absolute atomic E-state index is 11.8. The fourth-order valence-electron chi connectivity index (χ4n) is 1.38. The highest BCUT2D eigenvalue weighted by Crippen LogP contribution is 2.15. The standard InChI is InChI=1S/C13H18N2O2S/c1-2-3-11-18(16,17)15-13-9-5-4-7-12(13)8-6-10-14/h4-5,7,9,15H,2-3,10-11,14H2,1H3. The van der Waals surface area contributed by atoms with E-state index in [2.05, 4.69) is 16.6 Å². The Morgan fingerprint density at radius 2 is 2.06 bits per heavy atom. The highest BCUT2D eigenvalue weighted by atomic mass is 32.2. The van der Waals surface area contributed by atoms with Crippen molar-refractivity contribution in [3.8, 4) is 11.8 Å². The van der Waals surface area contributed by atoms with Gasteiger partial charge in [0.05, 0.1) is 18.0 Å². The Labute approximate surface area is 109 Å². The van der Waals surface area contributed by atoms with E-state index >= 15 is 0 Å². The van der Waals surface area contributed by atoms with Gasteiger partial charge in [-0.3, -0.25) is 4.72 Å². The van der Waals surface area contributed by atoms with Crippen LogP contribution in [-0.2, 0) is 10.0 Å². The van der Waals surface area contributed by atoms with Crippen LogP contribution in [0.3, 0.4) is 0 Å². The molecule has 0 amide bonds. The topological polar surface area (TPSA) is 72.2 Å². The van der Waals surface area contributed by atoms with Gasteiger partial charge in [-0.25, -0.2) is 8.42 Å². The van der Waals surface area contributed by atoms with Crippen LogP contribution in [0.5, 0.6) is 0 Å². The van der Waals surface area contributed by atoms with Crippen molar-refractivity contribution < 1.29 is 8.42 Å². The van der Waals surface area contributed by atoms with Gasteiger partial charge in [0.1, 0.15) is 0 Å². The van der Waals surface area contributed by atoms with Gasteiger partial charge < -0.3 is 5.73 Å². The molecular weight excluding hydrogens is 248 g/mol. The number of nitrogens with two attached hydrogens (primary N) is 1. The highest BCUT2D eigenvalue weighted by Gasteiger charge is 2.11. The molecule has 0 unspecified atom stereocenters. The average Bonchev–Trinajstić information content (AvgIpc) is 2.35. The molecule has 98 valence electrons. The van der Waals surface area contributed by atoms with Gasteiger partial charge in [-0.05, 0) is 18.6 Å². The third-order valence-corrected chi connectivity index (χ3v) is 3.64. The molecule has 0 aliphatic carbocycles. The molecule has 1 rings (SSSR count). The van der Waals surface area contributed by atoms with E-state index in [0.717, 1.165) is 6.42 Å². The van der Waals surface area contributed by atoms with Crippen LogP contribution in [0.1, 0.15) is 25.3 Å². The maximum Gasteiger partial charge on any atom is 0.232 e. The first-order valence-electron chi connectivity index (χ1n) is 5.87. The zero-order valence-corrected chi connectivity index (χ0v) is 11.3. The van der Waals surface area contributed by atoms with Crippen molar-refractivity contribution in [1.82, 2.24) is 0 Å². The zero-order valence-electron chi connectivity index (χ0n) is 10.4. The van der Waals surface area contributed by atoms with E-state index in [1.54, 1.807) is 18.2 Å². The van der Waals surface area contributed by atoms with Crippen molar-refractivity contribution >= 4 is 15.7 Å². The van der Waals surface area contributed by atoms with E-state index in [9.17, 15) is 8.42 Å². The second-order valence-corrected chi connectivity index (χ2v) is 5.67. The van der Waals surface area contributed by atoms with Crippen LogP contribution in [-0.4, -0.2) is 20.7 Å². The molecule has 0 saturated heterocycles. The second-order valence-electron chi connectivity index (χ2n) is 3.83. The number of sulfonamides is 1. The van der Waals surface area contributed by atoms with Crippen LogP contribution < -0.4 is 10.5 Å². The fraction of sp³-hybridized carbons (Fsp3) is 0.385. The van der Waals surface area contributed by atoms with Gasteiger partial charge in [0.15, 0.2) is 0 Å². The Balaban J connectivity index is 2.90. The number of hydrogen-bond donors (Lipinski definition) is 2. The molecule has 0 heterocycles. The Bertz CT molecular complexity index is 542. The molecule has 0 atom stereocenters. The first kappa shape index (κ1) is 14.6. The van der Waals surface area contributed by atoms with Gasteiger partial charge in [0.25, 0.3) is 0 Å². The summed E-state index contributed by atoms with van der Waals surface area (Å²) >= 11 is 0. The summed E-state index contributed by atoms with van der Waals surface area (Å²) in [5.41, 5.74) is 6.46. The first-order chi connectivity index (χ1) is 8.59. The molecule has 0 saturated carbocycles. The molecule has 0 aliphatic heterocycles. The van der Waals surface area contributed by atoms with Crippen LogP contribution in [0.4, 0.5) is 5.69 Å². The molecule has 1 aromatic rings. The molecule has 1 aromatic carbocycles. The van der Waals surface area contributed by atoms with E-state index in [1.807, 2.05) is 13.0 Å². The van der Waals surface area contributed by atoms with E-state index in [0.29, 0.717) is 17.7 Å². The molecular formula is C13H18N2O2S. The summed E-state index contributed by atoms with van der Waals surface area (Å²) in [6.45, 7) is 2.20. The number of benzene rings is 1. The van der Waals surface area contributed by atoms with Crippen molar-refractivity contribution in [2.75, 3.05) is 17.0 Å². The van der Waals surface area contributed by atoms with Crippen LogP contribution in [0.25, 0.3) is 0 Å². The lowest BCUT2D eigenvalue weighted by molar-refractivity contribution is 0.598. The van der Waals surface area contributed by atoms with E-state index in [-0.39, 0.29) is 12.3 Å². The third kappa shape index (κ3) is 4.78. The summed E-state index contributed by atoms with van der Waals surface area (Å²) in [5.74, 6) is 5.69. The van der Waals surface area contributed by atoms with Crippen LogP contribution >= 0.6 is 0 Å². The second kappa shape index (κ2) is 7.04.